The lowest BCUT2D eigenvalue weighted by atomic mass is 10.1. The van der Waals surface area contributed by atoms with E-state index < -0.39 is 11.8 Å². The molecule has 0 aliphatic carbocycles. The zero-order valence-electron chi connectivity index (χ0n) is 12.8. The minimum Gasteiger partial charge on any atom is -0.343 e. The van der Waals surface area contributed by atoms with E-state index in [1.807, 2.05) is 0 Å². The number of hydrogen-bond donors (Lipinski definition) is 2. The molecule has 0 saturated carbocycles. The van der Waals surface area contributed by atoms with Crippen LogP contribution < -0.4 is 10.7 Å². The Bertz CT molecular complexity index is 776. The minimum atomic E-state index is -0.480. The molecule has 2 N–H and O–H groups in total. The van der Waals surface area contributed by atoms with E-state index in [-0.39, 0.29) is 12.4 Å². The van der Waals surface area contributed by atoms with Crippen LogP contribution in [0.3, 0.4) is 0 Å². The number of halogens is 2. The average molecular weight is 348 g/mol. The molecule has 7 heteroatoms. The van der Waals surface area contributed by atoms with Gasteiger partial charge in [-0.05, 0) is 42.8 Å². The van der Waals surface area contributed by atoms with Crippen LogP contribution >= 0.6 is 11.6 Å². The van der Waals surface area contributed by atoms with Crippen molar-refractivity contribution in [2.45, 2.75) is 6.92 Å². The van der Waals surface area contributed by atoms with Gasteiger partial charge in [-0.25, -0.2) is 9.82 Å². The number of benzene rings is 2. The molecule has 0 atom stereocenters. The van der Waals surface area contributed by atoms with E-state index in [0.29, 0.717) is 21.9 Å². The normalized spacial score (nSPS) is 11.0. The average Bonchev–Trinajstić information content (AvgIpc) is 2.58. The van der Waals surface area contributed by atoms with Gasteiger partial charge in [0.25, 0.3) is 11.8 Å². The summed E-state index contributed by atoms with van der Waals surface area (Å²) in [5, 5.41) is 6.82. The molecule has 0 radical (unpaired) electrons. The Kier molecular flexibility index (Phi) is 6.03. The Morgan fingerprint density at radius 2 is 1.83 bits per heavy atom. The summed E-state index contributed by atoms with van der Waals surface area (Å²) in [4.78, 5) is 23.6. The zero-order valence-corrected chi connectivity index (χ0v) is 13.6. The van der Waals surface area contributed by atoms with Gasteiger partial charge >= 0.3 is 0 Å². The number of nitrogens with one attached hydrogen (secondary N) is 2. The predicted molar refractivity (Wildman–Crippen MR) is 90.5 cm³/mol. The van der Waals surface area contributed by atoms with Gasteiger partial charge in [-0.2, -0.15) is 5.10 Å². The van der Waals surface area contributed by atoms with E-state index in [1.54, 1.807) is 37.3 Å². The third-order valence-electron chi connectivity index (χ3n) is 3.11. The van der Waals surface area contributed by atoms with Crippen molar-refractivity contribution in [3.05, 3.63) is 70.5 Å². The highest BCUT2D eigenvalue weighted by atomic mass is 35.5. The van der Waals surface area contributed by atoms with Crippen molar-refractivity contribution in [3.8, 4) is 0 Å². The summed E-state index contributed by atoms with van der Waals surface area (Å²) in [5.41, 5.74) is 3.89. The number of carbonyl (C=O) groups is 2. The van der Waals surface area contributed by atoms with Crippen molar-refractivity contribution in [1.29, 1.82) is 0 Å². The SMILES string of the molecule is C/C(=N\NC(=O)CNC(=O)c1cccc(Cl)c1)c1ccc(F)cc1. The molecule has 2 aromatic rings. The predicted octanol–water partition coefficient (Wildman–Crippen LogP) is 2.75. The van der Waals surface area contributed by atoms with Gasteiger partial charge in [-0.3, -0.25) is 9.59 Å². The van der Waals surface area contributed by atoms with Gasteiger partial charge in [-0.15, -0.1) is 0 Å². The molecule has 2 rings (SSSR count). The Balaban J connectivity index is 1.86. The third kappa shape index (κ3) is 5.17. The van der Waals surface area contributed by atoms with Crippen LogP contribution in [0.25, 0.3) is 0 Å². The topological polar surface area (TPSA) is 70.6 Å². The van der Waals surface area contributed by atoms with Crippen LogP contribution in [0.4, 0.5) is 4.39 Å². The molecule has 2 amide bonds. The lowest BCUT2D eigenvalue weighted by Gasteiger charge is -2.05. The third-order valence-corrected chi connectivity index (χ3v) is 3.34. The molecule has 0 aliphatic rings. The van der Waals surface area contributed by atoms with E-state index in [2.05, 4.69) is 15.8 Å². The van der Waals surface area contributed by atoms with Crippen LogP contribution in [0.1, 0.15) is 22.8 Å². The number of hydrogen-bond acceptors (Lipinski definition) is 3. The maximum Gasteiger partial charge on any atom is 0.259 e. The summed E-state index contributed by atoms with van der Waals surface area (Å²) in [6.07, 6.45) is 0. The maximum atomic E-state index is 12.8. The smallest absolute Gasteiger partial charge is 0.259 e. The second-order valence-corrected chi connectivity index (χ2v) is 5.37. The highest BCUT2D eigenvalue weighted by Gasteiger charge is 2.08. The van der Waals surface area contributed by atoms with E-state index in [9.17, 15) is 14.0 Å². The Labute approximate surface area is 143 Å². The van der Waals surface area contributed by atoms with Gasteiger partial charge in [0.05, 0.1) is 12.3 Å². The molecule has 0 fully saturated rings. The first-order valence-corrected chi connectivity index (χ1v) is 7.46. The molecule has 0 saturated heterocycles. The molecule has 0 unspecified atom stereocenters. The van der Waals surface area contributed by atoms with Crippen molar-refractivity contribution in [3.63, 3.8) is 0 Å². The number of carbonyl (C=O) groups excluding carboxylic acids is 2. The van der Waals surface area contributed by atoms with Crippen molar-refractivity contribution in [2.24, 2.45) is 5.10 Å². The first-order chi connectivity index (χ1) is 11.5. The van der Waals surface area contributed by atoms with Crippen molar-refractivity contribution in [1.82, 2.24) is 10.7 Å². The second-order valence-electron chi connectivity index (χ2n) is 4.93. The van der Waals surface area contributed by atoms with Crippen LogP contribution in [0.15, 0.2) is 53.6 Å². The molecule has 24 heavy (non-hydrogen) atoms. The quantitative estimate of drug-likeness (QED) is 0.645. The lowest BCUT2D eigenvalue weighted by molar-refractivity contribution is -0.120. The minimum absolute atomic E-state index is 0.231. The standard InChI is InChI=1S/C17H15ClFN3O2/c1-11(12-5-7-15(19)8-6-12)21-22-16(23)10-20-17(24)13-3-2-4-14(18)9-13/h2-9H,10H2,1H3,(H,20,24)(H,22,23)/b21-11+. The summed E-state index contributed by atoms with van der Waals surface area (Å²) in [7, 11) is 0. The fourth-order valence-electron chi connectivity index (χ4n) is 1.83. The fourth-order valence-corrected chi connectivity index (χ4v) is 2.02. The van der Waals surface area contributed by atoms with E-state index >= 15 is 0 Å². The Hall–Kier alpha value is -2.73. The number of nitrogens with zero attached hydrogens (tertiary/aromatic N) is 1. The second kappa shape index (κ2) is 8.21. The molecular formula is C17H15ClFN3O2. The highest BCUT2D eigenvalue weighted by molar-refractivity contribution is 6.31. The largest absolute Gasteiger partial charge is 0.343 e. The van der Waals surface area contributed by atoms with Gasteiger partial charge < -0.3 is 5.32 Å². The molecule has 0 aromatic heterocycles. The monoisotopic (exact) mass is 347 g/mol. The number of hydrazone groups is 1. The summed E-state index contributed by atoms with van der Waals surface area (Å²) < 4.78 is 12.8. The molecule has 124 valence electrons. The number of rotatable bonds is 5. The fraction of sp³-hybridized carbons (Fsp3) is 0.118. The summed E-state index contributed by atoms with van der Waals surface area (Å²) >= 11 is 5.80. The molecular weight excluding hydrogens is 333 g/mol. The van der Waals surface area contributed by atoms with Crippen LogP contribution in [-0.4, -0.2) is 24.1 Å². The maximum absolute atomic E-state index is 12.8. The van der Waals surface area contributed by atoms with E-state index in [4.69, 9.17) is 11.6 Å². The van der Waals surface area contributed by atoms with Crippen molar-refractivity contribution >= 4 is 29.1 Å². The van der Waals surface area contributed by atoms with E-state index in [1.165, 1.54) is 18.2 Å². The van der Waals surface area contributed by atoms with Gasteiger partial charge in [0.15, 0.2) is 0 Å². The Morgan fingerprint density at radius 1 is 1.12 bits per heavy atom. The summed E-state index contributed by atoms with van der Waals surface area (Å²) in [6.45, 7) is 1.45. The molecule has 5 nitrogen and oxygen atoms in total. The molecule has 0 aliphatic heterocycles. The van der Waals surface area contributed by atoms with Crippen molar-refractivity contribution in [2.75, 3.05) is 6.54 Å². The van der Waals surface area contributed by atoms with Crippen LogP contribution in [0.5, 0.6) is 0 Å². The zero-order chi connectivity index (χ0) is 17.5. The van der Waals surface area contributed by atoms with E-state index in [0.717, 1.165) is 0 Å². The summed E-state index contributed by atoms with van der Waals surface area (Å²) in [6, 6.07) is 12.1. The lowest BCUT2D eigenvalue weighted by Crippen LogP contribution is -2.35. The van der Waals surface area contributed by atoms with Crippen molar-refractivity contribution < 1.29 is 14.0 Å². The summed E-state index contributed by atoms with van der Waals surface area (Å²) in [5.74, 6) is -1.24. The molecule has 0 spiro atoms. The molecule has 0 bridgehead atoms. The molecule has 0 heterocycles. The Morgan fingerprint density at radius 3 is 2.50 bits per heavy atom. The van der Waals surface area contributed by atoms with Crippen LogP contribution in [0, 0.1) is 5.82 Å². The molecule has 2 aromatic carbocycles. The van der Waals surface area contributed by atoms with Gasteiger partial charge in [0.1, 0.15) is 5.82 Å². The first kappa shape index (κ1) is 17.6. The van der Waals surface area contributed by atoms with Gasteiger partial charge in [-0.1, -0.05) is 29.8 Å². The first-order valence-electron chi connectivity index (χ1n) is 7.08. The number of amides is 2. The van der Waals surface area contributed by atoms with Gasteiger partial charge in [0.2, 0.25) is 0 Å². The van der Waals surface area contributed by atoms with Crippen LogP contribution in [-0.2, 0) is 4.79 Å². The highest BCUT2D eigenvalue weighted by Crippen LogP contribution is 2.10. The van der Waals surface area contributed by atoms with Gasteiger partial charge in [0, 0.05) is 10.6 Å². The van der Waals surface area contributed by atoms with Crippen LogP contribution in [0.2, 0.25) is 5.02 Å².